The first-order valence-corrected chi connectivity index (χ1v) is 19.0. The number of nitrogens with one attached hydrogen (secondary N) is 1. The number of hydrogen-bond acceptors (Lipinski definition) is 6. The van der Waals surface area contributed by atoms with Gasteiger partial charge in [-0.05, 0) is 115 Å². The molecule has 0 fully saturated rings. The molecule has 1 aromatic heterocycles. The molecule has 1 aliphatic rings. The van der Waals surface area contributed by atoms with Crippen LogP contribution >= 0.6 is 0 Å². The van der Waals surface area contributed by atoms with E-state index in [9.17, 15) is 9.35 Å². The van der Waals surface area contributed by atoms with Crippen molar-refractivity contribution < 1.29 is 18.8 Å². The Kier molecular flexibility index (Phi) is 13.8. The van der Waals surface area contributed by atoms with Crippen molar-refractivity contribution >= 4 is 34.5 Å². The Balaban J connectivity index is 1.28. The molecule has 4 aromatic rings. The van der Waals surface area contributed by atoms with E-state index in [1.54, 1.807) is 6.20 Å². The number of unbranched alkanes of at least 4 members (excludes halogenated alkanes) is 1. The number of hydrogen-bond donors (Lipinski definition) is 1. The Labute approximate surface area is 294 Å². The third kappa shape index (κ3) is 10.2. The fourth-order valence-corrected chi connectivity index (χ4v) is 7.08. The zero-order chi connectivity index (χ0) is 34.4. The highest BCUT2D eigenvalue weighted by molar-refractivity contribution is 7.90. The monoisotopic (exact) mass is 682 g/mol. The maximum atomic E-state index is 13.6. The second kappa shape index (κ2) is 18.6. The van der Waals surface area contributed by atoms with Crippen LogP contribution in [0.15, 0.2) is 89.6 Å². The van der Waals surface area contributed by atoms with Crippen molar-refractivity contribution in [3.05, 3.63) is 96.1 Å². The lowest BCUT2D eigenvalue weighted by molar-refractivity contribution is -0.112. The van der Waals surface area contributed by atoms with Crippen molar-refractivity contribution in [1.29, 1.82) is 0 Å². The van der Waals surface area contributed by atoms with Gasteiger partial charge >= 0.3 is 0 Å². The summed E-state index contributed by atoms with van der Waals surface area (Å²) in [7, 11) is 0. The Hall–Kier alpha value is -4.05. The number of ether oxygens (including phenoxy) is 2. The highest BCUT2D eigenvalue weighted by atomic mass is 32.2. The average Bonchev–Trinajstić information content (AvgIpc) is 3.54. The molecule has 0 spiro atoms. The van der Waals surface area contributed by atoms with Crippen molar-refractivity contribution in [2.45, 2.75) is 76.5 Å². The molecule has 1 N–H and O–H groups in total. The van der Waals surface area contributed by atoms with E-state index in [4.69, 9.17) is 9.47 Å². The summed E-state index contributed by atoms with van der Waals surface area (Å²) in [5.74, 6) is 1.88. The highest BCUT2D eigenvalue weighted by Crippen LogP contribution is 2.33. The van der Waals surface area contributed by atoms with Gasteiger partial charge in [0.1, 0.15) is 12.4 Å². The van der Waals surface area contributed by atoms with Gasteiger partial charge in [0.2, 0.25) is 0 Å². The van der Waals surface area contributed by atoms with Crippen LogP contribution in [0.3, 0.4) is 0 Å². The predicted molar refractivity (Wildman–Crippen MR) is 201 cm³/mol. The number of carbonyl (C=O) groups is 1. The Morgan fingerprint density at radius 2 is 1.69 bits per heavy atom. The summed E-state index contributed by atoms with van der Waals surface area (Å²) in [4.78, 5) is 21.2. The second-order valence-corrected chi connectivity index (χ2v) is 13.8. The SMILES string of the molecule is CCCCOCCOc1ccc(-c2ccc3c(c2)C=C(C(=O)Nc2ccc([S+]([O-])Cc4nccn4CCC)cc2)CCCN3CCC)cc1. The third-order valence-electron chi connectivity index (χ3n) is 8.59. The molecule has 0 saturated carbocycles. The van der Waals surface area contributed by atoms with Gasteiger partial charge in [-0.25, -0.2) is 4.98 Å². The molecule has 3 aromatic carbocycles. The lowest BCUT2D eigenvalue weighted by Gasteiger charge is -2.29. The topological polar surface area (TPSA) is 91.7 Å². The lowest BCUT2D eigenvalue weighted by atomic mass is 9.96. The van der Waals surface area contributed by atoms with Crippen LogP contribution in [-0.4, -0.2) is 52.9 Å². The van der Waals surface area contributed by atoms with Crippen molar-refractivity contribution in [2.75, 3.05) is 43.1 Å². The molecule has 9 heteroatoms. The van der Waals surface area contributed by atoms with Gasteiger partial charge in [0.25, 0.3) is 5.91 Å². The molecule has 0 saturated heterocycles. The Morgan fingerprint density at radius 1 is 0.918 bits per heavy atom. The van der Waals surface area contributed by atoms with E-state index >= 15 is 0 Å². The standard InChI is InChI=1S/C40H50N4O4S/c1-4-7-25-47-26-27-48-36-15-10-31(11-16-36)32-12-19-38-34(28-32)29-33(9-8-23-43(38)21-5-2)40(45)42-35-13-17-37(18-14-35)49(46)30-39-41-20-24-44(39)22-6-3/h10-20,24,28-29H,4-9,21-23,25-27,30H2,1-3H3,(H,42,45). The first-order valence-electron chi connectivity index (χ1n) is 17.7. The molecule has 0 radical (unpaired) electrons. The van der Waals surface area contributed by atoms with Crippen LogP contribution in [0.4, 0.5) is 11.4 Å². The van der Waals surface area contributed by atoms with Crippen LogP contribution in [-0.2, 0) is 33.0 Å². The number of benzene rings is 3. The summed E-state index contributed by atoms with van der Waals surface area (Å²) in [6.07, 6.45) is 11.5. The van der Waals surface area contributed by atoms with Crippen LogP contribution in [0.2, 0.25) is 0 Å². The maximum Gasteiger partial charge on any atom is 0.251 e. The number of fused-ring (bicyclic) bond motifs is 1. The van der Waals surface area contributed by atoms with Crippen molar-refractivity contribution in [3.63, 3.8) is 0 Å². The molecule has 1 aliphatic heterocycles. The molecule has 0 bridgehead atoms. The van der Waals surface area contributed by atoms with Crippen LogP contribution in [0.25, 0.3) is 17.2 Å². The first kappa shape index (κ1) is 36.2. The number of carbonyl (C=O) groups excluding carboxylic acids is 1. The minimum Gasteiger partial charge on any atom is -0.611 e. The second-order valence-electron chi connectivity index (χ2n) is 12.4. The van der Waals surface area contributed by atoms with Gasteiger partial charge in [0.15, 0.2) is 16.5 Å². The summed E-state index contributed by atoms with van der Waals surface area (Å²) in [6, 6.07) is 22.0. The van der Waals surface area contributed by atoms with E-state index in [2.05, 4.69) is 70.9 Å². The molecular formula is C40H50N4O4S. The average molecular weight is 683 g/mol. The normalized spacial score (nSPS) is 13.6. The van der Waals surface area contributed by atoms with Crippen molar-refractivity contribution in [2.24, 2.45) is 0 Å². The summed E-state index contributed by atoms with van der Waals surface area (Å²) in [6.45, 7) is 11.1. The fraction of sp³-hybridized carbons (Fsp3) is 0.400. The van der Waals surface area contributed by atoms with E-state index in [1.807, 2.05) is 48.7 Å². The molecule has 1 amide bonds. The number of aryl methyl sites for hydroxylation is 1. The fourth-order valence-electron chi connectivity index (χ4n) is 6.00. The molecule has 8 nitrogen and oxygen atoms in total. The maximum absolute atomic E-state index is 13.6. The molecule has 1 atom stereocenters. The van der Waals surface area contributed by atoms with Crippen molar-refractivity contribution in [3.8, 4) is 16.9 Å². The number of nitrogens with zero attached hydrogens (tertiary/aromatic N) is 3. The Morgan fingerprint density at radius 3 is 2.45 bits per heavy atom. The molecule has 49 heavy (non-hydrogen) atoms. The lowest BCUT2D eigenvalue weighted by Crippen LogP contribution is -2.28. The zero-order valence-corrected chi connectivity index (χ0v) is 30.0. The Bertz CT molecular complexity index is 1650. The summed E-state index contributed by atoms with van der Waals surface area (Å²) < 4.78 is 26.6. The van der Waals surface area contributed by atoms with Crippen LogP contribution in [0.5, 0.6) is 5.75 Å². The minimum absolute atomic E-state index is 0.115. The minimum atomic E-state index is -1.23. The van der Waals surface area contributed by atoms with E-state index in [1.165, 1.54) is 0 Å². The zero-order valence-electron chi connectivity index (χ0n) is 29.2. The molecule has 0 aliphatic carbocycles. The number of amides is 1. The smallest absolute Gasteiger partial charge is 0.251 e. The van der Waals surface area contributed by atoms with Gasteiger partial charge < -0.3 is 28.8 Å². The van der Waals surface area contributed by atoms with Gasteiger partial charge in [-0.2, -0.15) is 0 Å². The van der Waals surface area contributed by atoms with Gasteiger partial charge in [0, 0.05) is 55.6 Å². The number of anilines is 2. The third-order valence-corrected chi connectivity index (χ3v) is 9.90. The van der Waals surface area contributed by atoms with E-state index in [-0.39, 0.29) is 5.91 Å². The molecule has 1 unspecified atom stereocenters. The van der Waals surface area contributed by atoms with Crippen LogP contribution in [0, 0.1) is 0 Å². The summed E-state index contributed by atoms with van der Waals surface area (Å²) in [5, 5.41) is 3.09. The summed E-state index contributed by atoms with van der Waals surface area (Å²) in [5.41, 5.74) is 5.77. The van der Waals surface area contributed by atoms with Gasteiger partial charge in [-0.3, -0.25) is 4.79 Å². The van der Waals surface area contributed by atoms with Crippen LogP contribution in [0.1, 0.15) is 70.7 Å². The largest absolute Gasteiger partial charge is 0.611 e. The van der Waals surface area contributed by atoms with E-state index in [0.717, 1.165) is 97.9 Å². The van der Waals surface area contributed by atoms with Gasteiger partial charge in [-0.1, -0.05) is 45.4 Å². The predicted octanol–water partition coefficient (Wildman–Crippen LogP) is 8.50. The van der Waals surface area contributed by atoms with Gasteiger partial charge in [-0.15, -0.1) is 0 Å². The van der Waals surface area contributed by atoms with E-state index in [0.29, 0.717) is 36.0 Å². The first-order chi connectivity index (χ1) is 24.0. The molecule has 2 heterocycles. The van der Waals surface area contributed by atoms with Crippen LogP contribution < -0.4 is 15.0 Å². The number of aromatic nitrogens is 2. The quantitative estimate of drug-likeness (QED) is 0.0887. The molecular weight excluding hydrogens is 633 g/mol. The highest BCUT2D eigenvalue weighted by Gasteiger charge is 2.20. The van der Waals surface area contributed by atoms with Gasteiger partial charge in [0.05, 0.1) is 6.61 Å². The number of imidazole rings is 1. The molecule has 260 valence electrons. The summed E-state index contributed by atoms with van der Waals surface area (Å²) >= 11 is -1.23. The van der Waals surface area contributed by atoms with E-state index < -0.39 is 11.2 Å². The molecule has 5 rings (SSSR count). The number of rotatable bonds is 17. The van der Waals surface area contributed by atoms with Crippen molar-refractivity contribution in [1.82, 2.24) is 9.55 Å².